The van der Waals surface area contributed by atoms with Gasteiger partial charge in [0.2, 0.25) is 0 Å². The number of benzene rings is 1. The van der Waals surface area contributed by atoms with E-state index < -0.39 is 0 Å². The van der Waals surface area contributed by atoms with Gasteiger partial charge in [0.15, 0.2) is 0 Å². The highest BCUT2D eigenvalue weighted by atomic mass is 35.5. The minimum Gasteiger partial charge on any atom is -0.490 e. The van der Waals surface area contributed by atoms with E-state index in [1.165, 1.54) is 12.1 Å². The van der Waals surface area contributed by atoms with Crippen molar-refractivity contribution in [3.8, 4) is 17.6 Å². The van der Waals surface area contributed by atoms with Gasteiger partial charge in [0.1, 0.15) is 18.2 Å². The molecule has 0 aliphatic heterocycles. The molecule has 0 atom stereocenters. The van der Waals surface area contributed by atoms with Crippen LogP contribution in [0.1, 0.15) is 25.3 Å². The van der Waals surface area contributed by atoms with Crippen LogP contribution < -0.4 is 4.74 Å². The van der Waals surface area contributed by atoms with Gasteiger partial charge in [-0.15, -0.1) is 11.6 Å². The third-order valence-corrected chi connectivity index (χ3v) is 2.49. The first kappa shape index (κ1) is 15.8. The summed E-state index contributed by atoms with van der Waals surface area (Å²) in [5.74, 6) is 5.87. The van der Waals surface area contributed by atoms with Gasteiger partial charge in [0.05, 0.1) is 18.1 Å². The molecule has 0 unspecified atom stereocenters. The van der Waals surface area contributed by atoms with E-state index in [2.05, 4.69) is 18.8 Å². The maximum absolute atomic E-state index is 13.2. The van der Waals surface area contributed by atoms with Crippen molar-refractivity contribution in [2.75, 3.05) is 25.7 Å². The first-order valence-corrected chi connectivity index (χ1v) is 6.86. The lowest BCUT2D eigenvalue weighted by Gasteiger charge is -2.09. The van der Waals surface area contributed by atoms with Crippen LogP contribution in [0.15, 0.2) is 18.2 Å². The molecule has 1 aromatic carbocycles. The van der Waals surface area contributed by atoms with Crippen molar-refractivity contribution in [3.63, 3.8) is 0 Å². The molecule has 0 saturated carbocycles. The van der Waals surface area contributed by atoms with Crippen LogP contribution in [0.5, 0.6) is 5.75 Å². The summed E-state index contributed by atoms with van der Waals surface area (Å²) >= 11 is 5.50. The SMILES string of the molecule is CCCCOCCOc1cc(F)ccc1C#CCCl. The Morgan fingerprint density at radius 1 is 1.26 bits per heavy atom. The second kappa shape index (κ2) is 9.66. The summed E-state index contributed by atoms with van der Waals surface area (Å²) in [5, 5.41) is 0. The molecule has 104 valence electrons. The van der Waals surface area contributed by atoms with Crippen LogP contribution in [0.2, 0.25) is 0 Å². The summed E-state index contributed by atoms with van der Waals surface area (Å²) in [5.41, 5.74) is 0.635. The van der Waals surface area contributed by atoms with Crippen molar-refractivity contribution in [2.24, 2.45) is 0 Å². The van der Waals surface area contributed by atoms with Crippen LogP contribution in [0.25, 0.3) is 0 Å². The largest absolute Gasteiger partial charge is 0.490 e. The van der Waals surface area contributed by atoms with Gasteiger partial charge in [-0.2, -0.15) is 0 Å². The number of unbranched alkanes of at least 4 members (excludes halogenated alkanes) is 1. The fraction of sp³-hybridized carbons (Fsp3) is 0.467. The van der Waals surface area contributed by atoms with Crippen molar-refractivity contribution in [1.29, 1.82) is 0 Å². The molecular weight excluding hydrogens is 267 g/mol. The van der Waals surface area contributed by atoms with E-state index in [-0.39, 0.29) is 11.7 Å². The first-order valence-electron chi connectivity index (χ1n) is 6.33. The van der Waals surface area contributed by atoms with Crippen molar-refractivity contribution in [3.05, 3.63) is 29.6 Å². The van der Waals surface area contributed by atoms with Gasteiger partial charge in [-0.3, -0.25) is 0 Å². The predicted octanol–water partition coefficient (Wildman–Crippen LogP) is 3.61. The molecule has 0 aliphatic carbocycles. The molecule has 0 heterocycles. The van der Waals surface area contributed by atoms with E-state index in [1.54, 1.807) is 6.07 Å². The van der Waals surface area contributed by atoms with Crippen molar-refractivity contribution in [1.82, 2.24) is 0 Å². The Kier molecular flexibility index (Phi) is 8.04. The Labute approximate surface area is 118 Å². The third kappa shape index (κ3) is 6.47. The highest BCUT2D eigenvalue weighted by molar-refractivity contribution is 6.19. The highest BCUT2D eigenvalue weighted by Crippen LogP contribution is 2.19. The third-order valence-electron chi connectivity index (χ3n) is 2.36. The molecule has 0 fully saturated rings. The molecule has 2 nitrogen and oxygen atoms in total. The van der Waals surface area contributed by atoms with Gasteiger partial charge in [0.25, 0.3) is 0 Å². The molecule has 0 spiro atoms. The van der Waals surface area contributed by atoms with Crippen LogP contribution in [0.3, 0.4) is 0 Å². The first-order chi connectivity index (χ1) is 9.27. The lowest BCUT2D eigenvalue weighted by Crippen LogP contribution is -2.08. The van der Waals surface area contributed by atoms with Crippen molar-refractivity contribution in [2.45, 2.75) is 19.8 Å². The number of ether oxygens (including phenoxy) is 2. The van der Waals surface area contributed by atoms with Gasteiger partial charge in [0, 0.05) is 12.7 Å². The second-order valence-corrected chi connectivity index (χ2v) is 4.16. The average molecular weight is 285 g/mol. The Bertz CT molecular complexity index is 438. The number of hydrogen-bond donors (Lipinski definition) is 0. The van der Waals surface area contributed by atoms with Crippen LogP contribution in [-0.4, -0.2) is 25.7 Å². The van der Waals surface area contributed by atoms with E-state index in [0.717, 1.165) is 19.4 Å². The molecule has 1 aromatic rings. The van der Waals surface area contributed by atoms with Gasteiger partial charge in [-0.1, -0.05) is 25.2 Å². The number of hydrogen-bond acceptors (Lipinski definition) is 2. The zero-order valence-electron chi connectivity index (χ0n) is 11.0. The molecule has 0 aliphatic rings. The fourth-order valence-electron chi connectivity index (χ4n) is 1.41. The Morgan fingerprint density at radius 3 is 2.84 bits per heavy atom. The Morgan fingerprint density at radius 2 is 2.11 bits per heavy atom. The van der Waals surface area contributed by atoms with Crippen LogP contribution in [0, 0.1) is 17.7 Å². The summed E-state index contributed by atoms with van der Waals surface area (Å²) < 4.78 is 24.0. The molecule has 0 radical (unpaired) electrons. The van der Waals surface area contributed by atoms with Gasteiger partial charge >= 0.3 is 0 Å². The van der Waals surface area contributed by atoms with E-state index in [9.17, 15) is 4.39 Å². The Hall–Kier alpha value is -1.24. The quantitative estimate of drug-likeness (QED) is 0.433. The van der Waals surface area contributed by atoms with E-state index in [4.69, 9.17) is 21.1 Å². The normalized spacial score (nSPS) is 9.84. The zero-order chi connectivity index (χ0) is 13.9. The van der Waals surface area contributed by atoms with E-state index in [1.807, 2.05) is 0 Å². The van der Waals surface area contributed by atoms with Gasteiger partial charge in [-0.25, -0.2) is 4.39 Å². The number of rotatable bonds is 7. The number of halogens is 2. The van der Waals surface area contributed by atoms with Crippen LogP contribution in [-0.2, 0) is 4.74 Å². The maximum Gasteiger partial charge on any atom is 0.137 e. The van der Waals surface area contributed by atoms with Crippen molar-refractivity contribution >= 4 is 11.6 Å². The summed E-state index contributed by atoms with van der Waals surface area (Å²) in [6.07, 6.45) is 2.13. The summed E-state index contributed by atoms with van der Waals surface area (Å²) in [7, 11) is 0. The zero-order valence-corrected chi connectivity index (χ0v) is 11.8. The van der Waals surface area contributed by atoms with E-state index in [0.29, 0.717) is 24.5 Å². The number of alkyl halides is 1. The summed E-state index contributed by atoms with van der Waals surface area (Å²) in [4.78, 5) is 0. The van der Waals surface area contributed by atoms with Crippen molar-refractivity contribution < 1.29 is 13.9 Å². The van der Waals surface area contributed by atoms with E-state index >= 15 is 0 Å². The highest BCUT2D eigenvalue weighted by Gasteiger charge is 2.03. The van der Waals surface area contributed by atoms with Gasteiger partial charge < -0.3 is 9.47 Å². The molecule has 0 bridgehead atoms. The molecule has 1 rings (SSSR count). The molecule has 0 saturated heterocycles. The Balaban J connectivity index is 2.49. The maximum atomic E-state index is 13.2. The monoisotopic (exact) mass is 284 g/mol. The second-order valence-electron chi connectivity index (χ2n) is 3.89. The lowest BCUT2D eigenvalue weighted by molar-refractivity contribution is 0.0978. The predicted molar refractivity (Wildman–Crippen MR) is 75.2 cm³/mol. The van der Waals surface area contributed by atoms with Gasteiger partial charge in [-0.05, 0) is 18.6 Å². The smallest absolute Gasteiger partial charge is 0.137 e. The average Bonchev–Trinajstić information content (AvgIpc) is 2.42. The minimum atomic E-state index is -0.349. The molecule has 0 amide bonds. The lowest BCUT2D eigenvalue weighted by atomic mass is 10.2. The topological polar surface area (TPSA) is 18.5 Å². The molecule has 19 heavy (non-hydrogen) atoms. The fourth-order valence-corrected chi connectivity index (χ4v) is 1.47. The van der Waals surface area contributed by atoms with Crippen LogP contribution in [0.4, 0.5) is 4.39 Å². The minimum absolute atomic E-state index is 0.233. The summed E-state index contributed by atoms with van der Waals surface area (Å²) in [6.45, 7) is 3.69. The summed E-state index contributed by atoms with van der Waals surface area (Å²) in [6, 6.07) is 4.26. The standard InChI is InChI=1S/C15H18ClFO2/c1-2-3-9-18-10-11-19-15-12-14(17)7-6-13(15)5-4-8-16/h6-7,12H,2-3,8-11H2,1H3. The molecule has 4 heteroatoms. The molecule has 0 N–H and O–H groups in total. The van der Waals surface area contributed by atoms with Crippen LogP contribution >= 0.6 is 11.6 Å². The molecular formula is C15H18ClFO2. The molecule has 0 aromatic heterocycles.